The van der Waals surface area contributed by atoms with Crippen molar-refractivity contribution < 1.29 is 13.6 Å². The molecule has 0 bridgehead atoms. The summed E-state index contributed by atoms with van der Waals surface area (Å²) in [6.07, 6.45) is 0. The Kier molecular flexibility index (Phi) is 6.22. The minimum atomic E-state index is 0.785. The van der Waals surface area contributed by atoms with E-state index in [2.05, 4.69) is 150 Å². The van der Waals surface area contributed by atoms with Gasteiger partial charge in [0.2, 0.25) is 0 Å². The van der Waals surface area contributed by atoms with E-state index in [1.807, 2.05) is 30.3 Å². The minimum absolute atomic E-state index is 0.785. The Labute approximate surface area is 299 Å². The number of rotatable bonds is 4. The average molecular weight is 668 g/mol. The van der Waals surface area contributed by atoms with Crippen LogP contribution in [-0.4, -0.2) is 0 Å². The Morgan fingerprint density at radius 1 is 0.346 bits per heavy atom. The van der Waals surface area contributed by atoms with E-state index in [4.69, 9.17) is 13.6 Å². The molecule has 11 rings (SSSR count). The highest BCUT2D eigenvalue weighted by atomic mass is 16.5. The number of fused-ring (bicyclic) bond motifs is 8. The van der Waals surface area contributed by atoms with Gasteiger partial charge >= 0.3 is 0 Å². The van der Waals surface area contributed by atoms with E-state index in [1.54, 1.807) is 0 Å². The zero-order chi connectivity index (χ0) is 34.2. The second-order valence-electron chi connectivity index (χ2n) is 13.3. The van der Waals surface area contributed by atoms with Crippen LogP contribution in [0.25, 0.3) is 77.3 Å². The van der Waals surface area contributed by atoms with Crippen molar-refractivity contribution in [2.75, 3.05) is 4.90 Å². The highest BCUT2D eigenvalue weighted by molar-refractivity contribution is 6.11. The summed E-state index contributed by atoms with van der Waals surface area (Å²) in [5.74, 6) is 1.57. The maximum Gasteiger partial charge on any atom is 0.151 e. The predicted molar refractivity (Wildman–Crippen MR) is 212 cm³/mol. The average Bonchev–Trinajstić information content (AvgIpc) is 3.79. The molecule has 2 aromatic heterocycles. The molecule has 0 radical (unpaired) electrons. The smallest absolute Gasteiger partial charge is 0.151 e. The van der Waals surface area contributed by atoms with Crippen molar-refractivity contribution in [2.24, 2.45) is 0 Å². The van der Waals surface area contributed by atoms with Gasteiger partial charge in [0.05, 0.1) is 11.4 Å². The lowest BCUT2D eigenvalue weighted by Gasteiger charge is -2.33. The molecule has 0 aliphatic carbocycles. The van der Waals surface area contributed by atoms with Gasteiger partial charge in [0.15, 0.2) is 11.5 Å². The van der Waals surface area contributed by atoms with Crippen molar-refractivity contribution in [3.05, 3.63) is 176 Å². The maximum absolute atomic E-state index is 6.69. The first kappa shape index (κ1) is 28.8. The fraction of sp³-hybridized carbons (Fsp3) is 0. The normalized spacial score (nSPS) is 12.3. The first-order chi connectivity index (χ1) is 25.8. The van der Waals surface area contributed by atoms with Crippen LogP contribution in [0.4, 0.5) is 17.1 Å². The van der Waals surface area contributed by atoms with Crippen LogP contribution >= 0.6 is 0 Å². The van der Waals surface area contributed by atoms with Crippen molar-refractivity contribution in [3.63, 3.8) is 0 Å². The van der Waals surface area contributed by atoms with Gasteiger partial charge in [0.25, 0.3) is 0 Å². The molecule has 52 heavy (non-hydrogen) atoms. The van der Waals surface area contributed by atoms with Gasteiger partial charge in [0.1, 0.15) is 22.3 Å². The summed E-state index contributed by atoms with van der Waals surface area (Å²) in [6, 6.07) is 61.3. The van der Waals surface area contributed by atoms with Gasteiger partial charge in [-0.15, -0.1) is 0 Å². The Hall–Kier alpha value is -7.04. The number of hydrogen-bond acceptors (Lipinski definition) is 4. The van der Waals surface area contributed by atoms with Gasteiger partial charge < -0.3 is 18.5 Å². The van der Waals surface area contributed by atoms with E-state index >= 15 is 0 Å². The molecule has 244 valence electrons. The molecule has 0 amide bonds. The number of ether oxygens (including phenoxy) is 1. The van der Waals surface area contributed by atoms with Gasteiger partial charge in [-0.05, 0) is 70.8 Å². The molecule has 0 spiro atoms. The van der Waals surface area contributed by atoms with Crippen LogP contribution in [0, 0.1) is 0 Å². The molecule has 1 aliphatic heterocycles. The number of anilines is 3. The molecule has 4 nitrogen and oxygen atoms in total. The maximum atomic E-state index is 6.69. The van der Waals surface area contributed by atoms with E-state index in [0.29, 0.717) is 0 Å². The van der Waals surface area contributed by atoms with Crippen LogP contribution in [-0.2, 0) is 0 Å². The van der Waals surface area contributed by atoms with E-state index in [9.17, 15) is 0 Å². The summed E-state index contributed by atoms with van der Waals surface area (Å²) in [6.45, 7) is 0. The second-order valence-corrected chi connectivity index (χ2v) is 13.3. The first-order valence-electron chi connectivity index (χ1n) is 17.5. The monoisotopic (exact) mass is 667 g/mol. The fourth-order valence-corrected chi connectivity index (χ4v) is 7.80. The quantitative estimate of drug-likeness (QED) is 0.187. The zero-order valence-corrected chi connectivity index (χ0v) is 27.9. The van der Waals surface area contributed by atoms with E-state index < -0.39 is 0 Å². The number of nitrogens with zero attached hydrogens (tertiary/aromatic N) is 1. The lowest BCUT2D eigenvalue weighted by molar-refractivity contribution is 0.477. The fourth-order valence-electron chi connectivity index (χ4n) is 7.80. The molecule has 0 fully saturated rings. The van der Waals surface area contributed by atoms with Crippen LogP contribution in [0.1, 0.15) is 0 Å². The first-order valence-corrected chi connectivity index (χ1v) is 17.5. The summed E-state index contributed by atoms with van der Waals surface area (Å²) in [7, 11) is 0. The standard InChI is InChI=1S/C48H29NO3/c1-2-10-30(11-3-1)31-20-24-34(25-21-31)49-41-28-32(35-14-8-16-39-37-12-4-6-18-43(37)51-47(35)39)22-26-45(41)50-46-27-23-33(29-42(46)49)36-15-9-17-40-38-13-5-7-19-44(38)52-48(36)40/h1-29H. The Morgan fingerprint density at radius 2 is 0.808 bits per heavy atom. The molecule has 0 unspecified atom stereocenters. The highest BCUT2D eigenvalue weighted by Gasteiger charge is 2.28. The van der Waals surface area contributed by atoms with E-state index in [1.165, 1.54) is 5.56 Å². The van der Waals surface area contributed by atoms with Gasteiger partial charge in [-0.2, -0.15) is 0 Å². The van der Waals surface area contributed by atoms with Gasteiger partial charge in [-0.1, -0.05) is 127 Å². The highest BCUT2D eigenvalue weighted by Crippen LogP contribution is 2.53. The van der Waals surface area contributed by atoms with Crippen molar-refractivity contribution in [3.8, 4) is 44.9 Å². The molecule has 4 heteroatoms. The van der Waals surface area contributed by atoms with E-state index in [-0.39, 0.29) is 0 Å². The SMILES string of the molecule is c1ccc(-c2ccc(N3c4cc(-c5cccc6c5oc5ccccc56)ccc4Oc4ccc(-c5cccc6c5oc5ccccc56)cc43)cc2)cc1. The predicted octanol–water partition coefficient (Wildman–Crippen LogP) is 14.1. The summed E-state index contributed by atoms with van der Waals surface area (Å²) < 4.78 is 19.6. The second kappa shape index (κ2) is 11.2. The number of furan rings is 2. The largest absolute Gasteiger partial charge is 0.455 e. The third-order valence-corrected chi connectivity index (χ3v) is 10.3. The van der Waals surface area contributed by atoms with Crippen LogP contribution in [0.5, 0.6) is 11.5 Å². The third-order valence-electron chi connectivity index (χ3n) is 10.3. The number of benzene rings is 8. The summed E-state index contributed by atoms with van der Waals surface area (Å²) in [4.78, 5) is 2.31. The molecule has 0 saturated heterocycles. The molecule has 0 N–H and O–H groups in total. The molecular weight excluding hydrogens is 639 g/mol. The van der Waals surface area contributed by atoms with Crippen molar-refractivity contribution in [1.82, 2.24) is 0 Å². The van der Waals surface area contributed by atoms with Crippen molar-refractivity contribution in [2.45, 2.75) is 0 Å². The van der Waals surface area contributed by atoms with Crippen LogP contribution in [0.3, 0.4) is 0 Å². The van der Waals surface area contributed by atoms with Crippen LogP contribution in [0.15, 0.2) is 185 Å². The molecule has 10 aromatic rings. The molecule has 3 heterocycles. The molecule has 0 saturated carbocycles. The third kappa shape index (κ3) is 4.41. The minimum Gasteiger partial charge on any atom is -0.455 e. The topological polar surface area (TPSA) is 38.8 Å². The summed E-state index contributed by atoms with van der Waals surface area (Å²) in [5, 5.41) is 4.43. The van der Waals surface area contributed by atoms with Crippen molar-refractivity contribution in [1.29, 1.82) is 0 Å². The van der Waals surface area contributed by atoms with Gasteiger partial charge in [0, 0.05) is 38.4 Å². The summed E-state index contributed by atoms with van der Waals surface area (Å²) in [5.41, 5.74) is 12.9. The number of hydrogen-bond donors (Lipinski definition) is 0. The van der Waals surface area contributed by atoms with Crippen molar-refractivity contribution >= 4 is 60.9 Å². The molecular formula is C48H29NO3. The van der Waals surface area contributed by atoms with Crippen LogP contribution < -0.4 is 9.64 Å². The molecule has 8 aromatic carbocycles. The Morgan fingerprint density at radius 3 is 1.37 bits per heavy atom. The lowest BCUT2D eigenvalue weighted by Crippen LogP contribution is -2.16. The van der Waals surface area contributed by atoms with E-state index in [0.717, 1.165) is 100 Å². The van der Waals surface area contributed by atoms with Gasteiger partial charge in [-0.3, -0.25) is 0 Å². The Balaban J connectivity index is 1.10. The lowest BCUT2D eigenvalue weighted by atomic mass is 9.98. The molecule has 0 atom stereocenters. The summed E-state index contributed by atoms with van der Waals surface area (Å²) >= 11 is 0. The molecule has 1 aliphatic rings. The Bertz CT molecular complexity index is 2830. The van der Waals surface area contributed by atoms with Crippen LogP contribution in [0.2, 0.25) is 0 Å². The van der Waals surface area contributed by atoms with Gasteiger partial charge in [-0.25, -0.2) is 0 Å². The zero-order valence-electron chi connectivity index (χ0n) is 27.9. The number of para-hydroxylation sites is 4.